The van der Waals surface area contributed by atoms with Crippen LogP contribution in [0.2, 0.25) is 0 Å². The molecule has 0 aliphatic rings. The van der Waals surface area contributed by atoms with Crippen molar-refractivity contribution in [3.63, 3.8) is 0 Å². The molecule has 29 heavy (non-hydrogen) atoms. The first-order valence-corrected chi connectivity index (χ1v) is 9.68. The molecule has 144 valence electrons. The van der Waals surface area contributed by atoms with Crippen molar-refractivity contribution in [3.8, 4) is 0 Å². The standard InChI is InChI=1S/C25H23N3O/c1-19-12-14-20(15-13-19)17-28-18-23(16-26-28)27-25(29)24(21-8-4-2-5-9-21)22-10-6-3-7-11-22/h2-16,18,24H,17H2,1H3,(H,27,29). The number of carbonyl (C=O) groups excluding carboxylic acids is 1. The van der Waals surface area contributed by atoms with Crippen LogP contribution in [0.5, 0.6) is 0 Å². The number of benzene rings is 3. The van der Waals surface area contributed by atoms with E-state index in [0.29, 0.717) is 12.2 Å². The molecule has 4 nitrogen and oxygen atoms in total. The maximum absolute atomic E-state index is 13.2. The van der Waals surface area contributed by atoms with E-state index in [-0.39, 0.29) is 11.8 Å². The van der Waals surface area contributed by atoms with E-state index < -0.39 is 0 Å². The number of nitrogens with one attached hydrogen (secondary N) is 1. The van der Waals surface area contributed by atoms with Crippen LogP contribution in [0.4, 0.5) is 5.69 Å². The van der Waals surface area contributed by atoms with Gasteiger partial charge in [0, 0.05) is 6.20 Å². The summed E-state index contributed by atoms with van der Waals surface area (Å²) in [7, 11) is 0. The number of rotatable bonds is 6. The number of amides is 1. The molecule has 1 heterocycles. The number of hydrogen-bond donors (Lipinski definition) is 1. The molecule has 0 unspecified atom stereocenters. The first kappa shape index (κ1) is 18.7. The summed E-state index contributed by atoms with van der Waals surface area (Å²) in [5, 5.41) is 7.43. The molecule has 1 N–H and O–H groups in total. The Balaban J connectivity index is 1.52. The minimum absolute atomic E-state index is 0.0720. The summed E-state index contributed by atoms with van der Waals surface area (Å²) in [5.41, 5.74) is 5.02. The Morgan fingerprint density at radius 3 is 2.07 bits per heavy atom. The Labute approximate surface area is 170 Å². The number of aromatic nitrogens is 2. The predicted molar refractivity (Wildman–Crippen MR) is 116 cm³/mol. The second kappa shape index (κ2) is 8.57. The molecule has 1 aromatic heterocycles. The largest absolute Gasteiger partial charge is 0.323 e. The SMILES string of the molecule is Cc1ccc(Cn2cc(NC(=O)C(c3ccccc3)c3ccccc3)cn2)cc1. The van der Waals surface area contributed by atoms with Crippen LogP contribution in [-0.4, -0.2) is 15.7 Å². The van der Waals surface area contributed by atoms with Crippen molar-refractivity contribution in [2.24, 2.45) is 0 Å². The third-order valence-corrected chi connectivity index (χ3v) is 4.89. The van der Waals surface area contributed by atoms with Crippen molar-refractivity contribution in [2.75, 3.05) is 5.32 Å². The van der Waals surface area contributed by atoms with E-state index >= 15 is 0 Å². The smallest absolute Gasteiger partial charge is 0.236 e. The highest BCUT2D eigenvalue weighted by Crippen LogP contribution is 2.26. The van der Waals surface area contributed by atoms with Gasteiger partial charge in [0.2, 0.25) is 5.91 Å². The van der Waals surface area contributed by atoms with Crippen molar-refractivity contribution < 1.29 is 4.79 Å². The van der Waals surface area contributed by atoms with Crippen LogP contribution in [0, 0.1) is 6.92 Å². The highest BCUT2D eigenvalue weighted by Gasteiger charge is 2.23. The fourth-order valence-corrected chi connectivity index (χ4v) is 3.40. The normalized spacial score (nSPS) is 10.8. The number of carbonyl (C=O) groups is 1. The highest BCUT2D eigenvalue weighted by atomic mass is 16.1. The lowest BCUT2D eigenvalue weighted by Crippen LogP contribution is -2.22. The van der Waals surface area contributed by atoms with Gasteiger partial charge >= 0.3 is 0 Å². The second-order valence-corrected chi connectivity index (χ2v) is 7.16. The zero-order valence-corrected chi connectivity index (χ0v) is 16.3. The molecule has 0 atom stereocenters. The van der Waals surface area contributed by atoms with E-state index in [1.807, 2.05) is 71.5 Å². The van der Waals surface area contributed by atoms with Crippen molar-refractivity contribution in [2.45, 2.75) is 19.4 Å². The molecule has 0 aliphatic heterocycles. The minimum atomic E-state index is -0.377. The van der Waals surface area contributed by atoms with Crippen molar-refractivity contribution in [1.29, 1.82) is 0 Å². The van der Waals surface area contributed by atoms with Gasteiger partial charge in [-0.1, -0.05) is 90.5 Å². The molecule has 0 fully saturated rings. The van der Waals surface area contributed by atoms with E-state index in [1.54, 1.807) is 6.20 Å². The Bertz CT molecular complexity index is 1030. The van der Waals surface area contributed by atoms with Crippen LogP contribution in [0.25, 0.3) is 0 Å². The average Bonchev–Trinajstić information content (AvgIpc) is 3.18. The van der Waals surface area contributed by atoms with Gasteiger partial charge in [-0.05, 0) is 23.6 Å². The number of hydrogen-bond acceptors (Lipinski definition) is 2. The van der Waals surface area contributed by atoms with Gasteiger partial charge in [0.1, 0.15) is 0 Å². The monoisotopic (exact) mass is 381 g/mol. The first-order chi connectivity index (χ1) is 14.2. The van der Waals surface area contributed by atoms with Crippen LogP contribution in [-0.2, 0) is 11.3 Å². The molecule has 1 amide bonds. The molecule has 3 aromatic carbocycles. The molecule has 0 radical (unpaired) electrons. The number of anilines is 1. The number of nitrogens with zero attached hydrogens (tertiary/aromatic N) is 2. The van der Waals surface area contributed by atoms with Crippen LogP contribution in [0.1, 0.15) is 28.2 Å². The van der Waals surface area contributed by atoms with Crippen LogP contribution in [0.3, 0.4) is 0 Å². The van der Waals surface area contributed by atoms with Gasteiger partial charge in [-0.3, -0.25) is 9.48 Å². The summed E-state index contributed by atoms with van der Waals surface area (Å²) in [4.78, 5) is 13.2. The average molecular weight is 381 g/mol. The van der Waals surface area contributed by atoms with E-state index in [0.717, 1.165) is 11.1 Å². The molecule has 0 aliphatic carbocycles. The van der Waals surface area contributed by atoms with Crippen LogP contribution >= 0.6 is 0 Å². The van der Waals surface area contributed by atoms with Gasteiger partial charge in [-0.2, -0.15) is 5.10 Å². The molecule has 0 bridgehead atoms. The van der Waals surface area contributed by atoms with Gasteiger partial charge in [0.05, 0.1) is 24.3 Å². The Morgan fingerprint density at radius 1 is 0.897 bits per heavy atom. The Hall–Kier alpha value is -3.66. The lowest BCUT2D eigenvalue weighted by atomic mass is 9.90. The zero-order chi connectivity index (χ0) is 20.1. The third-order valence-electron chi connectivity index (χ3n) is 4.89. The lowest BCUT2D eigenvalue weighted by molar-refractivity contribution is -0.116. The molecule has 4 heteroatoms. The third kappa shape index (κ3) is 4.61. The molecular formula is C25H23N3O. The van der Waals surface area contributed by atoms with Crippen LogP contribution < -0.4 is 5.32 Å². The summed E-state index contributed by atoms with van der Waals surface area (Å²) < 4.78 is 1.83. The molecule has 0 spiro atoms. The van der Waals surface area contributed by atoms with Gasteiger partial charge in [0.25, 0.3) is 0 Å². The van der Waals surface area contributed by atoms with Gasteiger partial charge in [0.15, 0.2) is 0 Å². The van der Waals surface area contributed by atoms with E-state index in [9.17, 15) is 4.79 Å². The van der Waals surface area contributed by atoms with Crippen LogP contribution in [0.15, 0.2) is 97.3 Å². The zero-order valence-electron chi connectivity index (χ0n) is 16.3. The van der Waals surface area contributed by atoms with Gasteiger partial charge in [-0.25, -0.2) is 0 Å². The Kier molecular flexibility index (Phi) is 5.52. The molecule has 0 saturated carbocycles. The molecule has 0 saturated heterocycles. The first-order valence-electron chi connectivity index (χ1n) is 9.68. The lowest BCUT2D eigenvalue weighted by Gasteiger charge is -2.17. The van der Waals surface area contributed by atoms with E-state index in [1.165, 1.54) is 11.1 Å². The van der Waals surface area contributed by atoms with Crippen molar-refractivity contribution >= 4 is 11.6 Å². The van der Waals surface area contributed by atoms with Gasteiger partial charge < -0.3 is 5.32 Å². The fourth-order valence-electron chi connectivity index (χ4n) is 3.40. The summed E-state index contributed by atoms with van der Waals surface area (Å²) in [6.45, 7) is 2.73. The maximum atomic E-state index is 13.2. The van der Waals surface area contributed by atoms with E-state index in [2.05, 4.69) is 41.6 Å². The number of aryl methyl sites for hydroxylation is 1. The summed E-state index contributed by atoms with van der Waals surface area (Å²) in [6, 6.07) is 28.0. The van der Waals surface area contributed by atoms with E-state index in [4.69, 9.17) is 0 Å². The predicted octanol–water partition coefficient (Wildman–Crippen LogP) is 5.01. The molecule has 4 aromatic rings. The molecule has 4 rings (SSSR count). The second-order valence-electron chi connectivity index (χ2n) is 7.16. The molecular weight excluding hydrogens is 358 g/mol. The van der Waals surface area contributed by atoms with Crippen molar-refractivity contribution in [3.05, 3.63) is 120 Å². The highest BCUT2D eigenvalue weighted by molar-refractivity contribution is 5.98. The summed E-state index contributed by atoms with van der Waals surface area (Å²) in [6.07, 6.45) is 3.56. The van der Waals surface area contributed by atoms with Crippen molar-refractivity contribution in [1.82, 2.24) is 9.78 Å². The fraction of sp³-hybridized carbons (Fsp3) is 0.120. The van der Waals surface area contributed by atoms with Gasteiger partial charge in [-0.15, -0.1) is 0 Å². The Morgan fingerprint density at radius 2 is 1.48 bits per heavy atom. The summed E-state index contributed by atoms with van der Waals surface area (Å²) >= 11 is 0. The maximum Gasteiger partial charge on any atom is 0.236 e. The topological polar surface area (TPSA) is 46.9 Å². The minimum Gasteiger partial charge on any atom is -0.323 e. The quantitative estimate of drug-likeness (QED) is 0.510. The summed E-state index contributed by atoms with van der Waals surface area (Å²) in [5.74, 6) is -0.449.